The quantitative estimate of drug-likeness (QED) is 0.789. The Morgan fingerprint density at radius 3 is 2.15 bits per heavy atom. The number of piperazine rings is 1. The van der Waals surface area contributed by atoms with Crippen LogP contribution in [0.3, 0.4) is 0 Å². The molecule has 3 heteroatoms. The highest BCUT2D eigenvalue weighted by atomic mass is 16.1. The molecule has 3 nitrogen and oxygen atoms in total. The Morgan fingerprint density at radius 2 is 1.70 bits per heavy atom. The van der Waals surface area contributed by atoms with Crippen molar-refractivity contribution < 1.29 is 4.79 Å². The summed E-state index contributed by atoms with van der Waals surface area (Å²) in [7, 11) is 0. The Kier molecular flexibility index (Phi) is 4.81. The van der Waals surface area contributed by atoms with Crippen LogP contribution in [-0.2, 0) is 0 Å². The summed E-state index contributed by atoms with van der Waals surface area (Å²) < 4.78 is 0. The van der Waals surface area contributed by atoms with Gasteiger partial charge in [-0.2, -0.15) is 0 Å². The third-order valence-corrected chi connectivity index (χ3v) is 4.49. The van der Waals surface area contributed by atoms with Gasteiger partial charge in [0, 0.05) is 43.5 Å². The Bertz CT molecular complexity index is 453. The number of rotatable bonds is 4. The van der Waals surface area contributed by atoms with Gasteiger partial charge < -0.3 is 4.90 Å². The van der Waals surface area contributed by atoms with E-state index in [2.05, 4.69) is 37.5 Å². The van der Waals surface area contributed by atoms with E-state index in [0.717, 1.165) is 38.0 Å². The molecule has 0 bridgehead atoms. The second-order valence-corrected chi connectivity index (χ2v) is 5.90. The van der Waals surface area contributed by atoms with Crippen molar-refractivity contribution in [2.45, 2.75) is 40.2 Å². The van der Waals surface area contributed by atoms with Crippen LogP contribution >= 0.6 is 0 Å². The molecule has 0 amide bonds. The Labute approximate surface area is 122 Å². The van der Waals surface area contributed by atoms with E-state index in [0.29, 0.717) is 6.04 Å². The molecule has 0 aromatic heterocycles. The minimum absolute atomic E-state index is 0.678. The fraction of sp³-hybridized carbons (Fsp3) is 0.588. The van der Waals surface area contributed by atoms with Crippen LogP contribution in [0.1, 0.15) is 41.8 Å². The lowest BCUT2D eigenvalue weighted by Crippen LogP contribution is -2.49. The molecule has 1 atom stereocenters. The van der Waals surface area contributed by atoms with Crippen molar-refractivity contribution in [1.29, 1.82) is 0 Å². The molecule has 2 rings (SSSR count). The number of hydrogen-bond donors (Lipinski definition) is 0. The minimum Gasteiger partial charge on any atom is -0.369 e. The predicted octanol–water partition coefficient (Wildman–Crippen LogP) is 3.04. The maximum atomic E-state index is 10.9. The molecule has 110 valence electrons. The number of carbonyl (C=O) groups excluding carboxylic acids is 1. The zero-order chi connectivity index (χ0) is 14.7. The van der Waals surface area contributed by atoms with Crippen LogP contribution < -0.4 is 4.90 Å². The average Bonchev–Trinajstić information content (AvgIpc) is 2.46. The van der Waals surface area contributed by atoms with Gasteiger partial charge in [0.15, 0.2) is 0 Å². The summed E-state index contributed by atoms with van der Waals surface area (Å²) in [5.74, 6) is 0. The van der Waals surface area contributed by atoms with Crippen molar-refractivity contribution in [3.63, 3.8) is 0 Å². The molecular weight excluding hydrogens is 248 g/mol. The van der Waals surface area contributed by atoms with Crippen LogP contribution in [0.25, 0.3) is 0 Å². The van der Waals surface area contributed by atoms with Gasteiger partial charge in [-0.1, -0.05) is 6.92 Å². The first-order valence-corrected chi connectivity index (χ1v) is 7.62. The van der Waals surface area contributed by atoms with Crippen molar-refractivity contribution in [3.05, 3.63) is 28.8 Å². The Hall–Kier alpha value is -1.35. The Balaban J connectivity index is 2.13. The van der Waals surface area contributed by atoms with Crippen molar-refractivity contribution in [2.24, 2.45) is 0 Å². The van der Waals surface area contributed by atoms with Gasteiger partial charge in [0.25, 0.3) is 0 Å². The molecule has 1 aliphatic heterocycles. The molecule has 1 aliphatic rings. The molecule has 0 aliphatic carbocycles. The lowest BCUT2D eigenvalue weighted by Gasteiger charge is -2.40. The van der Waals surface area contributed by atoms with Gasteiger partial charge >= 0.3 is 0 Å². The highest BCUT2D eigenvalue weighted by Crippen LogP contribution is 2.27. The van der Waals surface area contributed by atoms with Crippen LogP contribution in [0.15, 0.2) is 12.1 Å². The summed E-state index contributed by atoms with van der Waals surface area (Å²) in [5.41, 5.74) is 4.52. The topological polar surface area (TPSA) is 23.6 Å². The lowest BCUT2D eigenvalue weighted by molar-refractivity contribution is 0.112. The summed E-state index contributed by atoms with van der Waals surface area (Å²) in [6.07, 6.45) is 2.15. The molecule has 0 unspecified atom stereocenters. The molecule has 20 heavy (non-hydrogen) atoms. The summed E-state index contributed by atoms with van der Waals surface area (Å²) >= 11 is 0. The smallest absolute Gasteiger partial charge is 0.150 e. The van der Waals surface area contributed by atoms with Gasteiger partial charge in [-0.15, -0.1) is 0 Å². The van der Waals surface area contributed by atoms with Gasteiger partial charge in [0.1, 0.15) is 6.29 Å². The standard InChI is InChI=1S/C17H26N2O/c1-5-15(4)18-6-8-19(9-7-18)17-13(2)10-16(12-20)11-14(17)3/h10-12,15H,5-9H2,1-4H3/t15-/m1/s1. The molecule has 0 radical (unpaired) electrons. The third kappa shape index (κ3) is 3.04. The van der Waals surface area contributed by atoms with Crippen LogP contribution in [0, 0.1) is 13.8 Å². The monoisotopic (exact) mass is 274 g/mol. The van der Waals surface area contributed by atoms with Crippen LogP contribution in [0.2, 0.25) is 0 Å². The van der Waals surface area contributed by atoms with Gasteiger partial charge in [-0.25, -0.2) is 0 Å². The lowest BCUT2D eigenvalue weighted by atomic mass is 10.0. The number of anilines is 1. The van der Waals surface area contributed by atoms with E-state index in [9.17, 15) is 4.79 Å². The van der Waals surface area contributed by atoms with Crippen LogP contribution in [-0.4, -0.2) is 43.4 Å². The van der Waals surface area contributed by atoms with E-state index in [-0.39, 0.29) is 0 Å². The molecule has 0 saturated carbocycles. The van der Waals surface area contributed by atoms with E-state index in [1.807, 2.05) is 12.1 Å². The number of nitrogens with zero attached hydrogens (tertiary/aromatic N) is 2. The van der Waals surface area contributed by atoms with E-state index >= 15 is 0 Å². The molecule has 1 fully saturated rings. The van der Waals surface area contributed by atoms with Crippen LogP contribution in [0.4, 0.5) is 5.69 Å². The highest BCUT2D eigenvalue weighted by Gasteiger charge is 2.22. The molecule has 0 N–H and O–H groups in total. The summed E-state index contributed by atoms with van der Waals surface area (Å²) in [4.78, 5) is 16.0. The minimum atomic E-state index is 0.678. The van der Waals surface area contributed by atoms with Crippen molar-refractivity contribution in [2.75, 3.05) is 31.1 Å². The number of aldehydes is 1. The fourth-order valence-corrected chi connectivity index (χ4v) is 3.20. The van der Waals surface area contributed by atoms with E-state index in [1.54, 1.807) is 0 Å². The van der Waals surface area contributed by atoms with E-state index in [1.165, 1.54) is 23.2 Å². The largest absolute Gasteiger partial charge is 0.369 e. The highest BCUT2D eigenvalue weighted by molar-refractivity contribution is 5.78. The normalized spacial score (nSPS) is 18.1. The second kappa shape index (κ2) is 6.40. The number of benzene rings is 1. The predicted molar refractivity (Wildman–Crippen MR) is 84.8 cm³/mol. The average molecular weight is 274 g/mol. The Morgan fingerprint density at radius 1 is 1.15 bits per heavy atom. The van der Waals surface area contributed by atoms with Crippen LogP contribution in [0.5, 0.6) is 0 Å². The maximum absolute atomic E-state index is 10.9. The zero-order valence-corrected chi connectivity index (χ0v) is 13.1. The SMILES string of the molecule is CC[C@@H](C)N1CCN(c2c(C)cc(C=O)cc2C)CC1. The number of carbonyl (C=O) groups is 1. The third-order valence-electron chi connectivity index (χ3n) is 4.49. The number of hydrogen-bond acceptors (Lipinski definition) is 3. The first-order chi connectivity index (χ1) is 9.56. The molecular formula is C17H26N2O. The second-order valence-electron chi connectivity index (χ2n) is 5.90. The molecule has 1 heterocycles. The zero-order valence-electron chi connectivity index (χ0n) is 13.1. The maximum Gasteiger partial charge on any atom is 0.150 e. The van der Waals surface area contributed by atoms with Crippen molar-refractivity contribution in [1.82, 2.24) is 4.90 Å². The van der Waals surface area contributed by atoms with Gasteiger partial charge in [0.05, 0.1) is 0 Å². The first kappa shape index (κ1) is 15.0. The van der Waals surface area contributed by atoms with Gasteiger partial charge in [-0.05, 0) is 50.5 Å². The van der Waals surface area contributed by atoms with E-state index < -0.39 is 0 Å². The molecule has 1 aromatic rings. The fourth-order valence-electron chi connectivity index (χ4n) is 3.20. The van der Waals surface area contributed by atoms with Crippen molar-refractivity contribution >= 4 is 12.0 Å². The summed E-state index contributed by atoms with van der Waals surface area (Å²) in [6, 6.07) is 4.67. The summed E-state index contributed by atoms with van der Waals surface area (Å²) in [6.45, 7) is 13.2. The molecule has 1 aromatic carbocycles. The molecule has 1 saturated heterocycles. The van der Waals surface area contributed by atoms with E-state index in [4.69, 9.17) is 0 Å². The first-order valence-electron chi connectivity index (χ1n) is 7.62. The van der Waals surface area contributed by atoms with Crippen molar-refractivity contribution in [3.8, 4) is 0 Å². The summed E-state index contributed by atoms with van der Waals surface area (Å²) in [5, 5.41) is 0. The van der Waals surface area contributed by atoms with Gasteiger partial charge in [-0.3, -0.25) is 9.69 Å². The number of aryl methyl sites for hydroxylation is 2. The molecule has 0 spiro atoms. The van der Waals surface area contributed by atoms with Gasteiger partial charge in [0.2, 0.25) is 0 Å².